The highest BCUT2D eigenvalue weighted by Crippen LogP contribution is 2.30. The molecule has 0 unspecified atom stereocenters. The third-order valence-corrected chi connectivity index (χ3v) is 4.09. The number of methoxy groups -OCH3 is 1. The highest BCUT2D eigenvalue weighted by atomic mass is 16.6. The van der Waals surface area contributed by atoms with E-state index >= 15 is 0 Å². The van der Waals surface area contributed by atoms with Crippen LogP contribution in [0.4, 0.5) is 0 Å². The van der Waals surface area contributed by atoms with Crippen molar-refractivity contribution in [3.05, 3.63) is 64.9 Å². The first-order valence-corrected chi connectivity index (χ1v) is 8.46. The Balaban J connectivity index is 1.79. The van der Waals surface area contributed by atoms with Crippen molar-refractivity contribution in [2.75, 3.05) is 20.3 Å². The second-order valence-electron chi connectivity index (χ2n) is 6.09. The van der Waals surface area contributed by atoms with E-state index in [0.717, 1.165) is 5.56 Å². The van der Waals surface area contributed by atoms with Crippen molar-refractivity contribution in [1.29, 1.82) is 0 Å². The van der Waals surface area contributed by atoms with Crippen LogP contribution in [-0.4, -0.2) is 26.3 Å². The van der Waals surface area contributed by atoms with E-state index in [0.29, 0.717) is 41.3 Å². The third kappa shape index (κ3) is 4.06. The van der Waals surface area contributed by atoms with Gasteiger partial charge in [0.15, 0.2) is 0 Å². The number of benzene rings is 2. The van der Waals surface area contributed by atoms with E-state index in [-0.39, 0.29) is 6.61 Å². The summed E-state index contributed by atoms with van der Waals surface area (Å²) in [5.41, 5.74) is 3.35. The normalized spacial score (nSPS) is 10.9. The van der Waals surface area contributed by atoms with E-state index in [4.69, 9.17) is 18.6 Å². The molecule has 0 fully saturated rings. The lowest BCUT2D eigenvalue weighted by molar-refractivity contribution is 0.0388. The molecule has 2 aromatic carbocycles. The number of furan rings is 1. The predicted octanol–water partition coefficient (Wildman–Crippen LogP) is 4.43. The van der Waals surface area contributed by atoms with Crippen LogP contribution in [0.2, 0.25) is 0 Å². The Morgan fingerprint density at radius 2 is 1.81 bits per heavy atom. The van der Waals surface area contributed by atoms with Gasteiger partial charge in [-0.1, -0.05) is 29.8 Å². The first-order valence-electron chi connectivity index (χ1n) is 8.46. The number of hydrogen-bond acceptors (Lipinski definition) is 5. The summed E-state index contributed by atoms with van der Waals surface area (Å²) in [6.07, 6.45) is 0. The molecule has 1 heterocycles. The lowest BCUT2D eigenvalue weighted by atomic mass is 10.1. The van der Waals surface area contributed by atoms with E-state index in [1.54, 1.807) is 20.1 Å². The molecule has 0 radical (unpaired) electrons. The molecule has 1 aromatic heterocycles. The van der Waals surface area contributed by atoms with Gasteiger partial charge in [0.2, 0.25) is 0 Å². The van der Waals surface area contributed by atoms with Gasteiger partial charge in [0.05, 0.1) is 6.61 Å². The van der Waals surface area contributed by atoms with Crippen LogP contribution in [0.1, 0.15) is 27.2 Å². The average Bonchev–Trinajstić information content (AvgIpc) is 2.96. The second kappa shape index (κ2) is 8.06. The maximum absolute atomic E-state index is 12.4. The second-order valence-corrected chi connectivity index (χ2v) is 6.09. The van der Waals surface area contributed by atoms with Crippen molar-refractivity contribution in [2.45, 2.75) is 20.5 Å². The van der Waals surface area contributed by atoms with E-state index < -0.39 is 5.97 Å². The Morgan fingerprint density at radius 3 is 2.54 bits per heavy atom. The molecule has 0 N–H and O–H groups in total. The fourth-order valence-corrected chi connectivity index (χ4v) is 2.68. The van der Waals surface area contributed by atoms with Crippen LogP contribution >= 0.6 is 0 Å². The van der Waals surface area contributed by atoms with Crippen molar-refractivity contribution in [3.63, 3.8) is 0 Å². The summed E-state index contributed by atoms with van der Waals surface area (Å²) in [6.45, 7) is 4.81. The summed E-state index contributed by atoms with van der Waals surface area (Å²) in [4.78, 5) is 12.4. The zero-order valence-corrected chi connectivity index (χ0v) is 15.2. The zero-order chi connectivity index (χ0) is 18.5. The van der Waals surface area contributed by atoms with Crippen LogP contribution in [0.15, 0.2) is 46.9 Å². The van der Waals surface area contributed by atoms with Crippen molar-refractivity contribution in [3.8, 4) is 5.75 Å². The molecule has 0 aliphatic carbocycles. The number of hydrogen-bond donors (Lipinski definition) is 0. The fraction of sp³-hybridized carbons (Fsp3) is 0.286. The topological polar surface area (TPSA) is 57.9 Å². The highest BCUT2D eigenvalue weighted by Gasteiger charge is 2.20. The van der Waals surface area contributed by atoms with Crippen LogP contribution in [0.3, 0.4) is 0 Å². The largest absolute Gasteiger partial charge is 0.489 e. The summed E-state index contributed by atoms with van der Waals surface area (Å²) in [7, 11) is 1.56. The van der Waals surface area contributed by atoms with Crippen molar-refractivity contribution >= 4 is 16.9 Å². The molecule has 3 aromatic rings. The minimum Gasteiger partial charge on any atom is -0.489 e. The predicted molar refractivity (Wildman–Crippen MR) is 98.6 cm³/mol. The SMILES string of the molecule is COCCOC(=O)c1c(C)oc2ccc(OCc3ccc(C)cc3)cc12. The summed E-state index contributed by atoms with van der Waals surface area (Å²) >= 11 is 0. The zero-order valence-electron chi connectivity index (χ0n) is 15.2. The van der Waals surface area contributed by atoms with Gasteiger partial charge in [-0.2, -0.15) is 0 Å². The van der Waals surface area contributed by atoms with Gasteiger partial charge in [-0.15, -0.1) is 0 Å². The fourth-order valence-electron chi connectivity index (χ4n) is 2.68. The number of aryl methyl sites for hydroxylation is 2. The lowest BCUT2D eigenvalue weighted by Crippen LogP contribution is -2.10. The van der Waals surface area contributed by atoms with Gasteiger partial charge in [0, 0.05) is 12.5 Å². The Bertz CT molecular complexity index is 893. The maximum Gasteiger partial charge on any atom is 0.342 e. The molecule has 26 heavy (non-hydrogen) atoms. The molecule has 0 aliphatic rings. The number of carbonyl (C=O) groups is 1. The van der Waals surface area contributed by atoms with Gasteiger partial charge in [-0.3, -0.25) is 0 Å². The quantitative estimate of drug-likeness (QED) is 0.464. The molecule has 0 amide bonds. The Kier molecular flexibility index (Phi) is 5.58. The molecule has 136 valence electrons. The number of carbonyl (C=O) groups excluding carboxylic acids is 1. The molecule has 0 saturated carbocycles. The molecular weight excluding hydrogens is 332 g/mol. The van der Waals surface area contributed by atoms with E-state index in [1.807, 2.05) is 31.2 Å². The smallest absolute Gasteiger partial charge is 0.342 e. The molecule has 0 aliphatic heterocycles. The van der Waals surface area contributed by atoms with Gasteiger partial charge in [-0.25, -0.2) is 4.79 Å². The standard InChI is InChI=1S/C21H22O5/c1-14-4-6-16(7-5-14)13-25-17-8-9-19-18(12-17)20(15(2)26-19)21(22)24-11-10-23-3/h4-9,12H,10-11,13H2,1-3H3. The lowest BCUT2D eigenvalue weighted by Gasteiger charge is -2.07. The van der Waals surface area contributed by atoms with Crippen molar-refractivity contribution in [1.82, 2.24) is 0 Å². The Morgan fingerprint density at radius 1 is 1.04 bits per heavy atom. The van der Waals surface area contributed by atoms with Crippen LogP contribution in [0.5, 0.6) is 5.75 Å². The van der Waals surface area contributed by atoms with E-state index in [9.17, 15) is 4.79 Å². The Labute approximate surface area is 152 Å². The van der Waals surface area contributed by atoms with Gasteiger partial charge in [0.25, 0.3) is 0 Å². The minimum atomic E-state index is -0.422. The number of esters is 1. The molecule has 3 rings (SSSR count). The van der Waals surface area contributed by atoms with Crippen LogP contribution in [0, 0.1) is 13.8 Å². The number of rotatable bonds is 7. The minimum absolute atomic E-state index is 0.199. The van der Waals surface area contributed by atoms with Crippen LogP contribution in [0.25, 0.3) is 11.0 Å². The van der Waals surface area contributed by atoms with E-state index in [1.165, 1.54) is 5.56 Å². The molecule has 5 heteroatoms. The summed E-state index contributed by atoms with van der Waals surface area (Å²) < 4.78 is 21.7. The van der Waals surface area contributed by atoms with Crippen LogP contribution < -0.4 is 4.74 Å². The maximum atomic E-state index is 12.4. The summed E-state index contributed by atoms with van der Waals surface area (Å²) in [5.74, 6) is 0.775. The molecular formula is C21H22O5. The van der Waals surface area contributed by atoms with Crippen molar-refractivity contribution in [2.24, 2.45) is 0 Å². The van der Waals surface area contributed by atoms with Gasteiger partial charge in [0.1, 0.15) is 35.9 Å². The number of ether oxygens (including phenoxy) is 3. The van der Waals surface area contributed by atoms with Gasteiger partial charge in [-0.05, 0) is 37.6 Å². The van der Waals surface area contributed by atoms with Gasteiger partial charge >= 0.3 is 5.97 Å². The van der Waals surface area contributed by atoms with E-state index in [2.05, 4.69) is 12.1 Å². The van der Waals surface area contributed by atoms with Crippen molar-refractivity contribution < 1.29 is 23.4 Å². The molecule has 0 bridgehead atoms. The monoisotopic (exact) mass is 354 g/mol. The average molecular weight is 354 g/mol. The third-order valence-electron chi connectivity index (χ3n) is 4.09. The number of fused-ring (bicyclic) bond motifs is 1. The first kappa shape index (κ1) is 18.0. The summed E-state index contributed by atoms with van der Waals surface area (Å²) in [5, 5.41) is 0.686. The molecule has 5 nitrogen and oxygen atoms in total. The first-order chi connectivity index (χ1) is 12.6. The van der Waals surface area contributed by atoms with Gasteiger partial charge < -0.3 is 18.6 Å². The summed E-state index contributed by atoms with van der Waals surface area (Å²) in [6, 6.07) is 13.6. The van der Waals surface area contributed by atoms with Crippen LogP contribution in [-0.2, 0) is 16.1 Å². The molecule has 0 spiro atoms. The Hall–Kier alpha value is -2.79. The molecule has 0 saturated heterocycles. The molecule has 0 atom stereocenters. The highest BCUT2D eigenvalue weighted by molar-refractivity contribution is 6.04.